The van der Waals surface area contributed by atoms with Crippen molar-refractivity contribution in [1.29, 1.82) is 0 Å². The molecule has 0 radical (unpaired) electrons. The number of aromatic nitrogens is 3. The summed E-state index contributed by atoms with van der Waals surface area (Å²) >= 11 is 0. The molecule has 0 saturated heterocycles. The Bertz CT molecular complexity index is 336. The molecule has 0 aliphatic carbocycles. The minimum Gasteiger partial charge on any atom is -0.463 e. The van der Waals surface area contributed by atoms with Gasteiger partial charge in [-0.05, 0) is 6.42 Å². The van der Waals surface area contributed by atoms with E-state index in [1.165, 1.54) is 0 Å². The third-order valence-electron chi connectivity index (χ3n) is 1.69. The zero-order valence-electron chi connectivity index (χ0n) is 9.72. The van der Waals surface area contributed by atoms with Gasteiger partial charge in [0, 0.05) is 13.0 Å². The molecule has 0 bridgehead atoms. The minimum absolute atomic E-state index is 0.0479. The van der Waals surface area contributed by atoms with Gasteiger partial charge in [0.2, 0.25) is 5.95 Å². The lowest BCUT2D eigenvalue weighted by molar-refractivity contribution is 0.219. The number of nitrogens with zero attached hydrogens (tertiary/aromatic N) is 3. The highest BCUT2D eigenvalue weighted by molar-refractivity contribution is 5.25. The SMILES string of the molecule is CCCOc1nc(NN)nc(OCCCO)n1. The van der Waals surface area contributed by atoms with Crippen molar-refractivity contribution >= 4 is 5.95 Å². The lowest BCUT2D eigenvalue weighted by Crippen LogP contribution is -2.14. The van der Waals surface area contributed by atoms with Gasteiger partial charge in [-0.15, -0.1) is 4.98 Å². The second-order valence-corrected chi connectivity index (χ2v) is 3.14. The predicted molar refractivity (Wildman–Crippen MR) is 60.6 cm³/mol. The van der Waals surface area contributed by atoms with Crippen LogP contribution in [0.15, 0.2) is 0 Å². The van der Waals surface area contributed by atoms with Crippen molar-refractivity contribution in [3.05, 3.63) is 0 Å². The molecule has 0 unspecified atom stereocenters. The van der Waals surface area contributed by atoms with Gasteiger partial charge in [0.15, 0.2) is 0 Å². The molecule has 0 aromatic carbocycles. The average Bonchev–Trinajstić information content (AvgIpc) is 2.36. The number of nitrogens with two attached hydrogens (primary N) is 1. The molecule has 1 heterocycles. The number of nitrogens with one attached hydrogen (secondary N) is 1. The number of hydrogen-bond acceptors (Lipinski definition) is 8. The van der Waals surface area contributed by atoms with E-state index in [2.05, 4.69) is 20.4 Å². The Morgan fingerprint density at radius 2 is 1.82 bits per heavy atom. The molecule has 0 amide bonds. The fourth-order valence-electron chi connectivity index (χ4n) is 0.953. The summed E-state index contributed by atoms with van der Waals surface area (Å²) in [5.41, 5.74) is 2.30. The van der Waals surface area contributed by atoms with Gasteiger partial charge in [-0.3, -0.25) is 5.43 Å². The topological polar surface area (TPSA) is 115 Å². The summed E-state index contributed by atoms with van der Waals surface area (Å²) in [6.45, 7) is 2.84. The number of hydrogen-bond donors (Lipinski definition) is 3. The maximum atomic E-state index is 8.63. The Labute approximate surface area is 99.2 Å². The Morgan fingerprint density at radius 1 is 1.18 bits per heavy atom. The summed E-state index contributed by atoms with van der Waals surface area (Å²) in [7, 11) is 0. The fourth-order valence-corrected chi connectivity index (χ4v) is 0.953. The number of rotatable bonds is 8. The standard InChI is InChI=1S/C9H17N5O3/c1-2-5-16-8-11-7(14-10)12-9(13-8)17-6-3-4-15/h15H,2-6,10H2,1H3,(H,11,12,13,14). The lowest BCUT2D eigenvalue weighted by atomic mass is 10.5. The molecule has 96 valence electrons. The molecule has 0 aliphatic rings. The zero-order chi connectivity index (χ0) is 12.5. The molecular weight excluding hydrogens is 226 g/mol. The molecule has 17 heavy (non-hydrogen) atoms. The van der Waals surface area contributed by atoms with Crippen LogP contribution in [-0.4, -0.2) is 39.9 Å². The van der Waals surface area contributed by atoms with Crippen molar-refractivity contribution in [2.75, 3.05) is 25.2 Å². The molecule has 0 atom stereocenters. The van der Waals surface area contributed by atoms with Crippen molar-refractivity contribution in [2.24, 2.45) is 5.84 Å². The molecule has 4 N–H and O–H groups in total. The third-order valence-corrected chi connectivity index (χ3v) is 1.69. The number of nitrogen functional groups attached to an aromatic ring is 1. The Hall–Kier alpha value is -1.67. The molecule has 8 nitrogen and oxygen atoms in total. The highest BCUT2D eigenvalue weighted by Gasteiger charge is 2.07. The van der Waals surface area contributed by atoms with Crippen LogP contribution in [-0.2, 0) is 0 Å². The number of aliphatic hydroxyl groups is 1. The summed E-state index contributed by atoms with van der Waals surface area (Å²) in [5, 5.41) is 8.63. The molecule has 1 aromatic heterocycles. The van der Waals surface area contributed by atoms with Gasteiger partial charge < -0.3 is 14.6 Å². The van der Waals surface area contributed by atoms with E-state index >= 15 is 0 Å². The molecule has 0 aliphatic heterocycles. The smallest absolute Gasteiger partial charge is 0.324 e. The van der Waals surface area contributed by atoms with Crippen LogP contribution in [0, 0.1) is 0 Å². The van der Waals surface area contributed by atoms with Gasteiger partial charge in [0.1, 0.15) is 0 Å². The molecule has 0 saturated carbocycles. The van der Waals surface area contributed by atoms with E-state index in [-0.39, 0.29) is 24.6 Å². The quantitative estimate of drug-likeness (QED) is 0.324. The zero-order valence-corrected chi connectivity index (χ0v) is 9.72. The van der Waals surface area contributed by atoms with Crippen molar-refractivity contribution in [3.8, 4) is 12.0 Å². The summed E-state index contributed by atoms with van der Waals surface area (Å²) in [4.78, 5) is 11.7. The van der Waals surface area contributed by atoms with Crippen LogP contribution >= 0.6 is 0 Å². The van der Waals surface area contributed by atoms with Gasteiger partial charge in [-0.2, -0.15) is 9.97 Å². The van der Waals surface area contributed by atoms with E-state index < -0.39 is 0 Å². The maximum absolute atomic E-state index is 8.63. The van der Waals surface area contributed by atoms with E-state index in [1.54, 1.807) is 0 Å². The lowest BCUT2D eigenvalue weighted by Gasteiger charge is -2.07. The molecule has 0 spiro atoms. The number of ether oxygens (including phenoxy) is 2. The number of aliphatic hydroxyl groups excluding tert-OH is 1. The number of anilines is 1. The van der Waals surface area contributed by atoms with Crippen LogP contribution in [0.4, 0.5) is 5.95 Å². The predicted octanol–water partition coefficient (Wildman–Crippen LogP) is -0.293. The van der Waals surface area contributed by atoms with Crippen molar-refractivity contribution < 1.29 is 14.6 Å². The molecule has 1 aromatic rings. The summed E-state index contributed by atoms with van der Waals surface area (Å²) in [6.07, 6.45) is 1.35. The first-order valence-electron chi connectivity index (χ1n) is 5.39. The van der Waals surface area contributed by atoms with Crippen LogP contribution in [0.1, 0.15) is 19.8 Å². The normalized spacial score (nSPS) is 10.1. The summed E-state index contributed by atoms with van der Waals surface area (Å²) in [6, 6.07) is 0.279. The van der Waals surface area contributed by atoms with Gasteiger partial charge in [0.05, 0.1) is 13.2 Å². The summed E-state index contributed by atoms with van der Waals surface area (Å²) in [5.74, 6) is 5.39. The molecule has 8 heteroatoms. The highest BCUT2D eigenvalue weighted by atomic mass is 16.5. The minimum atomic E-state index is 0.0479. The van der Waals surface area contributed by atoms with E-state index in [0.29, 0.717) is 19.6 Å². The fraction of sp³-hybridized carbons (Fsp3) is 0.667. The summed E-state index contributed by atoms with van der Waals surface area (Å²) < 4.78 is 10.5. The first-order chi connectivity index (χ1) is 8.30. The molecule has 1 rings (SSSR count). The third kappa shape index (κ3) is 4.79. The van der Waals surface area contributed by atoms with E-state index in [0.717, 1.165) is 6.42 Å². The van der Waals surface area contributed by atoms with E-state index in [4.69, 9.17) is 20.4 Å². The van der Waals surface area contributed by atoms with Gasteiger partial charge in [0.25, 0.3) is 0 Å². The Morgan fingerprint density at radius 3 is 2.35 bits per heavy atom. The van der Waals surface area contributed by atoms with Crippen molar-refractivity contribution in [3.63, 3.8) is 0 Å². The second-order valence-electron chi connectivity index (χ2n) is 3.14. The maximum Gasteiger partial charge on any atom is 0.324 e. The van der Waals surface area contributed by atoms with Crippen LogP contribution in [0.3, 0.4) is 0 Å². The van der Waals surface area contributed by atoms with E-state index in [9.17, 15) is 0 Å². The van der Waals surface area contributed by atoms with Crippen LogP contribution in [0.5, 0.6) is 12.0 Å². The monoisotopic (exact) mass is 243 g/mol. The molecule has 0 fully saturated rings. The molecular formula is C9H17N5O3. The highest BCUT2D eigenvalue weighted by Crippen LogP contribution is 2.12. The van der Waals surface area contributed by atoms with Crippen LogP contribution < -0.4 is 20.7 Å². The van der Waals surface area contributed by atoms with Gasteiger partial charge >= 0.3 is 12.0 Å². The first kappa shape index (κ1) is 13.4. The second kappa shape index (κ2) is 7.58. The average molecular weight is 243 g/mol. The van der Waals surface area contributed by atoms with Crippen LogP contribution in [0.2, 0.25) is 0 Å². The van der Waals surface area contributed by atoms with E-state index in [1.807, 2.05) is 6.92 Å². The first-order valence-corrected chi connectivity index (χ1v) is 5.39. The van der Waals surface area contributed by atoms with Crippen LogP contribution in [0.25, 0.3) is 0 Å². The van der Waals surface area contributed by atoms with Crippen molar-refractivity contribution in [2.45, 2.75) is 19.8 Å². The largest absolute Gasteiger partial charge is 0.463 e. The number of hydrazine groups is 1. The Kier molecular flexibility index (Phi) is 5.97. The van der Waals surface area contributed by atoms with Gasteiger partial charge in [-0.25, -0.2) is 5.84 Å². The van der Waals surface area contributed by atoms with Crippen molar-refractivity contribution in [1.82, 2.24) is 15.0 Å². The Balaban J connectivity index is 2.67. The van der Waals surface area contributed by atoms with Gasteiger partial charge in [-0.1, -0.05) is 6.92 Å².